The van der Waals surface area contributed by atoms with Crippen molar-refractivity contribution in [3.8, 4) is 11.1 Å². The lowest BCUT2D eigenvalue weighted by Crippen LogP contribution is -2.18. The Kier molecular flexibility index (Phi) is 3.57. The number of aromatic nitrogens is 2. The molecule has 3 aromatic rings. The van der Waals surface area contributed by atoms with Crippen molar-refractivity contribution < 1.29 is 4.39 Å². The molecule has 0 fully saturated rings. The summed E-state index contributed by atoms with van der Waals surface area (Å²) in [6, 6.07) is 11.0. The van der Waals surface area contributed by atoms with Crippen LogP contribution in [0.4, 0.5) is 10.1 Å². The molecule has 0 radical (unpaired) electrons. The Morgan fingerprint density at radius 1 is 1.04 bits per heavy atom. The van der Waals surface area contributed by atoms with E-state index >= 15 is 0 Å². The summed E-state index contributed by atoms with van der Waals surface area (Å²) in [6.45, 7) is 0.788. The van der Waals surface area contributed by atoms with Gasteiger partial charge in [-0.05, 0) is 41.0 Å². The molecule has 5 heteroatoms. The van der Waals surface area contributed by atoms with Gasteiger partial charge in [-0.3, -0.25) is 4.68 Å². The third-order valence-electron chi connectivity index (χ3n) is 4.49. The van der Waals surface area contributed by atoms with Gasteiger partial charge in [0.25, 0.3) is 0 Å². The van der Waals surface area contributed by atoms with Crippen molar-refractivity contribution in [3.63, 3.8) is 0 Å². The van der Waals surface area contributed by atoms with E-state index < -0.39 is 0 Å². The first kappa shape index (κ1) is 15.4. The first-order chi connectivity index (χ1) is 12.0. The topological polar surface area (TPSA) is 47.1 Å². The number of anilines is 1. The minimum absolute atomic E-state index is 0.270. The van der Waals surface area contributed by atoms with Gasteiger partial charge in [0, 0.05) is 55.4 Å². The van der Waals surface area contributed by atoms with Crippen LogP contribution in [0.15, 0.2) is 55.0 Å². The minimum Gasteiger partial charge on any atom is -0.399 e. The molecule has 2 N–H and O–H groups in total. The predicted molar refractivity (Wildman–Crippen MR) is 98.0 cm³/mol. The highest BCUT2D eigenvalue weighted by molar-refractivity contribution is 5.85. The number of nitrogen functional groups attached to an aromatic ring is 1. The largest absolute Gasteiger partial charge is 0.399 e. The quantitative estimate of drug-likeness (QED) is 0.728. The lowest BCUT2D eigenvalue weighted by atomic mass is 9.89. The Morgan fingerprint density at radius 3 is 2.64 bits per heavy atom. The summed E-state index contributed by atoms with van der Waals surface area (Å²) < 4.78 is 16.2. The third-order valence-corrected chi connectivity index (χ3v) is 4.49. The van der Waals surface area contributed by atoms with Crippen molar-refractivity contribution in [2.24, 2.45) is 7.05 Å². The molecule has 2 heterocycles. The van der Waals surface area contributed by atoms with Crippen LogP contribution in [-0.4, -0.2) is 21.7 Å². The van der Waals surface area contributed by atoms with Crippen molar-refractivity contribution >= 4 is 11.3 Å². The molecule has 1 aliphatic rings. The third kappa shape index (κ3) is 2.78. The van der Waals surface area contributed by atoms with Crippen LogP contribution in [0.5, 0.6) is 0 Å². The molecule has 2 aromatic carbocycles. The average Bonchev–Trinajstić information content (AvgIpc) is 3.02. The van der Waals surface area contributed by atoms with E-state index in [0.717, 1.165) is 34.4 Å². The zero-order valence-corrected chi connectivity index (χ0v) is 14.2. The van der Waals surface area contributed by atoms with E-state index in [-0.39, 0.29) is 5.82 Å². The predicted octanol–water partition coefficient (Wildman–Crippen LogP) is 3.64. The van der Waals surface area contributed by atoms with Gasteiger partial charge in [0.2, 0.25) is 0 Å². The van der Waals surface area contributed by atoms with Crippen LogP contribution < -0.4 is 5.73 Å². The monoisotopic (exact) mass is 334 g/mol. The summed E-state index contributed by atoms with van der Waals surface area (Å²) in [7, 11) is 3.88. The smallest absolute Gasteiger partial charge is 0.131 e. The molecule has 1 aromatic heterocycles. The Balaban J connectivity index is 1.88. The molecule has 0 bridgehead atoms. The number of hydrogen-bond acceptors (Lipinski definition) is 3. The molecule has 0 unspecified atom stereocenters. The number of aryl methyl sites for hydroxylation is 1. The molecule has 0 amide bonds. The fourth-order valence-electron chi connectivity index (χ4n) is 3.28. The fourth-order valence-corrected chi connectivity index (χ4v) is 3.28. The van der Waals surface area contributed by atoms with Crippen LogP contribution in [0.2, 0.25) is 0 Å². The summed E-state index contributed by atoms with van der Waals surface area (Å²) in [6.07, 6.45) is 5.79. The number of fused-ring (bicyclic) bond motifs is 1. The zero-order valence-electron chi connectivity index (χ0n) is 14.2. The van der Waals surface area contributed by atoms with Crippen molar-refractivity contribution in [3.05, 3.63) is 77.5 Å². The Hall–Kier alpha value is -3.08. The van der Waals surface area contributed by atoms with E-state index in [0.29, 0.717) is 11.3 Å². The minimum atomic E-state index is -0.270. The molecular weight excluding hydrogens is 315 g/mol. The van der Waals surface area contributed by atoms with Crippen LogP contribution in [0.25, 0.3) is 16.7 Å². The van der Waals surface area contributed by atoms with Crippen molar-refractivity contribution in [2.75, 3.05) is 12.8 Å². The van der Waals surface area contributed by atoms with E-state index in [1.165, 1.54) is 6.07 Å². The highest BCUT2D eigenvalue weighted by Crippen LogP contribution is 2.36. The lowest BCUT2D eigenvalue weighted by Gasteiger charge is -2.26. The van der Waals surface area contributed by atoms with Crippen LogP contribution in [-0.2, 0) is 13.6 Å². The van der Waals surface area contributed by atoms with E-state index in [4.69, 9.17) is 5.73 Å². The second kappa shape index (κ2) is 5.77. The Morgan fingerprint density at radius 2 is 1.88 bits per heavy atom. The van der Waals surface area contributed by atoms with Crippen LogP contribution >= 0.6 is 0 Å². The van der Waals surface area contributed by atoms with Gasteiger partial charge >= 0.3 is 0 Å². The van der Waals surface area contributed by atoms with Gasteiger partial charge in [-0.25, -0.2) is 4.39 Å². The van der Waals surface area contributed by atoms with Crippen LogP contribution in [0, 0.1) is 5.82 Å². The van der Waals surface area contributed by atoms with Gasteiger partial charge in [-0.2, -0.15) is 5.10 Å². The average molecular weight is 334 g/mol. The zero-order chi connectivity index (χ0) is 17.6. The normalized spacial score (nSPS) is 13.6. The maximum Gasteiger partial charge on any atom is 0.131 e. The van der Waals surface area contributed by atoms with Crippen molar-refractivity contribution in [1.82, 2.24) is 14.7 Å². The van der Waals surface area contributed by atoms with Gasteiger partial charge in [0.15, 0.2) is 0 Å². The number of benzene rings is 2. The maximum atomic E-state index is 14.5. The van der Waals surface area contributed by atoms with Gasteiger partial charge in [0.05, 0.1) is 6.20 Å². The number of rotatable bonds is 2. The Labute approximate surface area is 146 Å². The molecule has 0 atom stereocenters. The number of halogens is 1. The van der Waals surface area contributed by atoms with Crippen molar-refractivity contribution in [2.45, 2.75) is 6.54 Å². The van der Waals surface area contributed by atoms with E-state index in [1.54, 1.807) is 16.8 Å². The molecule has 1 aliphatic heterocycles. The van der Waals surface area contributed by atoms with Crippen LogP contribution in [0.3, 0.4) is 0 Å². The highest BCUT2D eigenvalue weighted by Gasteiger charge is 2.20. The number of hydrogen-bond donors (Lipinski definition) is 1. The van der Waals surface area contributed by atoms with Gasteiger partial charge in [-0.15, -0.1) is 0 Å². The van der Waals surface area contributed by atoms with Crippen molar-refractivity contribution in [1.29, 1.82) is 0 Å². The molecule has 0 aliphatic carbocycles. The molecular formula is C20H19FN4. The molecule has 0 spiro atoms. The fraction of sp³-hybridized carbons (Fsp3) is 0.150. The van der Waals surface area contributed by atoms with Gasteiger partial charge < -0.3 is 10.6 Å². The maximum absolute atomic E-state index is 14.5. The number of nitrogens with zero attached hydrogens (tertiary/aromatic N) is 3. The van der Waals surface area contributed by atoms with E-state index in [2.05, 4.69) is 28.2 Å². The second-order valence-corrected chi connectivity index (χ2v) is 6.47. The molecule has 4 nitrogen and oxygen atoms in total. The van der Waals surface area contributed by atoms with E-state index in [9.17, 15) is 4.39 Å². The first-order valence-electron chi connectivity index (χ1n) is 8.11. The summed E-state index contributed by atoms with van der Waals surface area (Å²) >= 11 is 0. The number of nitrogens with two attached hydrogens (primary N) is 1. The first-order valence-corrected chi connectivity index (χ1v) is 8.11. The molecule has 4 rings (SSSR count). The highest BCUT2D eigenvalue weighted by atomic mass is 19.1. The van der Waals surface area contributed by atoms with E-state index in [1.807, 2.05) is 32.7 Å². The molecule has 0 saturated carbocycles. The summed E-state index contributed by atoms with van der Waals surface area (Å²) in [5.74, 6) is -0.270. The summed E-state index contributed by atoms with van der Waals surface area (Å²) in [5, 5.41) is 4.24. The molecule has 0 saturated heterocycles. The van der Waals surface area contributed by atoms with Gasteiger partial charge in [-0.1, -0.05) is 12.1 Å². The summed E-state index contributed by atoms with van der Waals surface area (Å²) in [5.41, 5.74) is 12.1. The SMILES string of the molecule is CN1C=C(c2cc(N)ccc2F)c2cc(-c3cnn(C)c3)ccc2C1. The molecule has 25 heavy (non-hydrogen) atoms. The lowest BCUT2D eigenvalue weighted by molar-refractivity contribution is 0.445. The molecule has 126 valence electrons. The summed E-state index contributed by atoms with van der Waals surface area (Å²) in [4.78, 5) is 2.06. The Bertz CT molecular complexity index is 987. The second-order valence-electron chi connectivity index (χ2n) is 6.47. The van der Waals surface area contributed by atoms with Gasteiger partial charge in [0.1, 0.15) is 5.82 Å². The standard InChI is InChI=1S/C20H19FN4/c1-24-10-14-4-3-13(15-9-23-25(2)11-15)7-17(14)19(12-24)18-8-16(22)5-6-20(18)21/h3-9,11-12H,10,22H2,1-2H3. The van der Waals surface area contributed by atoms with Crippen LogP contribution in [0.1, 0.15) is 16.7 Å².